The van der Waals surface area contributed by atoms with Crippen LogP contribution < -0.4 is 0 Å². The van der Waals surface area contributed by atoms with Crippen molar-refractivity contribution in [2.24, 2.45) is 0 Å². The van der Waals surface area contributed by atoms with Gasteiger partial charge < -0.3 is 4.90 Å². The van der Waals surface area contributed by atoms with Gasteiger partial charge in [-0.2, -0.15) is 0 Å². The molecule has 4 rings (SSSR count). The Labute approximate surface area is 186 Å². The van der Waals surface area contributed by atoms with Crippen LogP contribution in [0.3, 0.4) is 0 Å². The summed E-state index contributed by atoms with van der Waals surface area (Å²) < 4.78 is 2.06. The molecule has 5 nitrogen and oxygen atoms in total. The van der Waals surface area contributed by atoms with E-state index in [0.717, 1.165) is 53.7 Å². The first-order valence-electron chi connectivity index (χ1n) is 10.3. The fourth-order valence-electron chi connectivity index (χ4n) is 3.69. The first kappa shape index (κ1) is 20.9. The van der Waals surface area contributed by atoms with Crippen molar-refractivity contribution in [3.63, 3.8) is 0 Å². The molecule has 2 heterocycles. The largest absolute Gasteiger partial charge is 0.339 e. The summed E-state index contributed by atoms with van der Waals surface area (Å²) >= 11 is 7.82. The van der Waals surface area contributed by atoms with E-state index >= 15 is 0 Å². The van der Waals surface area contributed by atoms with Crippen molar-refractivity contribution >= 4 is 29.3 Å². The topological polar surface area (TPSA) is 51.0 Å². The van der Waals surface area contributed by atoms with Gasteiger partial charge in [0.25, 0.3) is 5.91 Å². The maximum Gasteiger partial charge on any atom is 0.254 e. The summed E-state index contributed by atoms with van der Waals surface area (Å²) in [6.45, 7) is 5.90. The zero-order chi connectivity index (χ0) is 21.1. The molecule has 1 aromatic heterocycles. The Kier molecular flexibility index (Phi) is 6.44. The van der Waals surface area contributed by atoms with Gasteiger partial charge in [0.1, 0.15) is 5.82 Å². The number of thioether (sulfide) groups is 1. The fraction of sp³-hybridized carbons (Fsp3) is 0.348. The smallest absolute Gasteiger partial charge is 0.254 e. The number of hydrogen-bond donors (Lipinski definition) is 0. The Bertz CT molecular complexity index is 1040. The monoisotopic (exact) mass is 440 g/mol. The Morgan fingerprint density at radius 3 is 2.60 bits per heavy atom. The number of likely N-dealkylation sites (tertiary alicyclic amines) is 1. The molecule has 1 aliphatic rings. The lowest BCUT2D eigenvalue weighted by Gasteiger charge is -2.17. The number of amides is 1. The molecule has 1 fully saturated rings. The van der Waals surface area contributed by atoms with Crippen LogP contribution in [0.4, 0.5) is 0 Å². The summed E-state index contributed by atoms with van der Waals surface area (Å²) in [5, 5.41) is 10.3. The molecular formula is C23H25ClN4OS. The fourth-order valence-corrected chi connectivity index (χ4v) is 4.84. The Balaban J connectivity index is 1.62. The molecule has 0 aliphatic carbocycles. The first-order valence-corrected chi connectivity index (χ1v) is 11.6. The van der Waals surface area contributed by atoms with Gasteiger partial charge in [0.05, 0.1) is 5.69 Å². The van der Waals surface area contributed by atoms with E-state index in [-0.39, 0.29) is 11.8 Å². The average molecular weight is 441 g/mol. The lowest BCUT2D eigenvalue weighted by Crippen LogP contribution is -2.28. The van der Waals surface area contributed by atoms with E-state index in [9.17, 15) is 4.79 Å². The van der Waals surface area contributed by atoms with Crippen LogP contribution in [-0.2, 0) is 5.75 Å². The molecule has 0 bridgehead atoms. The number of carbonyl (C=O) groups is 1. The standard InChI is InChI=1S/C23H25ClN4OS/c1-16(2)21-25-26-23(28(21)19-10-7-9-18(24)14-19)30-15-17-8-3-4-11-20(17)22(29)27-12-5-6-13-27/h3-4,7-11,14,16H,5-6,12-13,15H2,1-2H3. The summed E-state index contributed by atoms with van der Waals surface area (Å²) in [4.78, 5) is 14.9. The van der Waals surface area contributed by atoms with Crippen LogP contribution in [0, 0.1) is 0 Å². The maximum absolute atomic E-state index is 13.0. The highest BCUT2D eigenvalue weighted by Crippen LogP contribution is 2.30. The molecule has 0 radical (unpaired) electrons. The zero-order valence-corrected chi connectivity index (χ0v) is 18.8. The zero-order valence-electron chi connectivity index (χ0n) is 17.2. The second-order valence-corrected chi connectivity index (χ2v) is 9.13. The van der Waals surface area contributed by atoms with Crippen molar-refractivity contribution in [3.05, 3.63) is 70.5 Å². The number of nitrogens with zero attached hydrogens (tertiary/aromatic N) is 4. The van der Waals surface area contributed by atoms with Crippen LogP contribution in [0.5, 0.6) is 0 Å². The molecular weight excluding hydrogens is 416 g/mol. The molecule has 30 heavy (non-hydrogen) atoms. The Morgan fingerprint density at radius 1 is 1.10 bits per heavy atom. The maximum atomic E-state index is 13.0. The lowest BCUT2D eigenvalue weighted by molar-refractivity contribution is 0.0792. The van der Waals surface area contributed by atoms with Crippen LogP contribution in [0.1, 0.15) is 54.4 Å². The first-order chi connectivity index (χ1) is 14.5. The quantitative estimate of drug-likeness (QED) is 0.470. The van der Waals surface area contributed by atoms with Gasteiger partial charge >= 0.3 is 0 Å². The van der Waals surface area contributed by atoms with E-state index in [0.29, 0.717) is 10.8 Å². The van der Waals surface area contributed by atoms with Gasteiger partial charge in [-0.15, -0.1) is 10.2 Å². The van der Waals surface area contributed by atoms with Crippen LogP contribution in [0.2, 0.25) is 5.02 Å². The summed E-state index contributed by atoms with van der Waals surface area (Å²) in [6, 6.07) is 15.6. The molecule has 3 aromatic rings. The predicted octanol–water partition coefficient (Wildman–Crippen LogP) is 5.57. The van der Waals surface area contributed by atoms with Crippen molar-refractivity contribution in [2.75, 3.05) is 13.1 Å². The highest BCUT2D eigenvalue weighted by molar-refractivity contribution is 7.98. The minimum Gasteiger partial charge on any atom is -0.339 e. The van der Waals surface area contributed by atoms with Gasteiger partial charge in [-0.1, -0.05) is 61.5 Å². The summed E-state index contributed by atoms with van der Waals surface area (Å²) in [7, 11) is 0. The molecule has 7 heteroatoms. The highest BCUT2D eigenvalue weighted by Gasteiger charge is 2.22. The molecule has 1 aliphatic heterocycles. The normalized spacial score (nSPS) is 13.9. The van der Waals surface area contributed by atoms with Crippen molar-refractivity contribution < 1.29 is 4.79 Å². The summed E-state index contributed by atoms with van der Waals surface area (Å²) in [5.74, 6) is 1.88. The van der Waals surface area contributed by atoms with Crippen LogP contribution >= 0.6 is 23.4 Å². The van der Waals surface area contributed by atoms with E-state index in [2.05, 4.69) is 28.6 Å². The predicted molar refractivity (Wildman–Crippen MR) is 122 cm³/mol. The number of hydrogen-bond acceptors (Lipinski definition) is 4. The number of benzene rings is 2. The van der Waals surface area contributed by atoms with Crippen molar-refractivity contribution in [1.29, 1.82) is 0 Å². The van der Waals surface area contributed by atoms with Crippen molar-refractivity contribution in [3.8, 4) is 5.69 Å². The summed E-state index contributed by atoms with van der Waals surface area (Å²) in [5.41, 5.74) is 2.75. The van der Waals surface area contributed by atoms with Crippen LogP contribution in [0.15, 0.2) is 53.7 Å². The van der Waals surface area contributed by atoms with E-state index < -0.39 is 0 Å². The van der Waals surface area contributed by atoms with Gasteiger partial charge in [0.2, 0.25) is 0 Å². The molecule has 2 aromatic carbocycles. The molecule has 0 spiro atoms. The number of rotatable bonds is 6. The van der Waals surface area contributed by atoms with Gasteiger partial charge in [0, 0.05) is 35.3 Å². The van der Waals surface area contributed by atoms with Gasteiger partial charge in [-0.25, -0.2) is 0 Å². The van der Waals surface area contributed by atoms with Gasteiger partial charge in [0.15, 0.2) is 5.16 Å². The molecule has 0 N–H and O–H groups in total. The molecule has 1 amide bonds. The van der Waals surface area contributed by atoms with E-state index in [1.54, 1.807) is 11.8 Å². The van der Waals surface area contributed by atoms with Gasteiger partial charge in [-0.05, 0) is 42.7 Å². The second-order valence-electron chi connectivity index (χ2n) is 7.76. The highest BCUT2D eigenvalue weighted by atomic mass is 35.5. The molecule has 0 atom stereocenters. The second kappa shape index (κ2) is 9.23. The number of carbonyl (C=O) groups excluding carboxylic acids is 1. The number of halogens is 1. The number of aromatic nitrogens is 3. The third-order valence-electron chi connectivity index (χ3n) is 5.24. The van der Waals surface area contributed by atoms with Crippen LogP contribution in [0.25, 0.3) is 5.69 Å². The van der Waals surface area contributed by atoms with Crippen LogP contribution in [-0.4, -0.2) is 38.7 Å². The van der Waals surface area contributed by atoms with E-state index in [4.69, 9.17) is 11.6 Å². The SMILES string of the molecule is CC(C)c1nnc(SCc2ccccc2C(=O)N2CCCC2)n1-c1cccc(Cl)c1. The van der Waals surface area contributed by atoms with Crippen molar-refractivity contribution in [2.45, 2.75) is 43.5 Å². The molecule has 0 unspecified atom stereocenters. The van der Waals surface area contributed by atoms with E-state index in [1.165, 1.54) is 0 Å². The molecule has 156 valence electrons. The lowest BCUT2D eigenvalue weighted by atomic mass is 10.1. The minimum atomic E-state index is 0.128. The van der Waals surface area contributed by atoms with E-state index in [1.807, 2.05) is 53.4 Å². The molecule has 1 saturated heterocycles. The third kappa shape index (κ3) is 4.40. The van der Waals surface area contributed by atoms with Gasteiger partial charge in [-0.3, -0.25) is 9.36 Å². The summed E-state index contributed by atoms with van der Waals surface area (Å²) in [6.07, 6.45) is 2.17. The van der Waals surface area contributed by atoms with Crippen molar-refractivity contribution in [1.82, 2.24) is 19.7 Å². The Hall–Kier alpha value is -2.31. The average Bonchev–Trinajstić information content (AvgIpc) is 3.42. The minimum absolute atomic E-state index is 0.128. The Morgan fingerprint density at radius 2 is 1.87 bits per heavy atom. The third-order valence-corrected chi connectivity index (χ3v) is 6.45. The molecule has 0 saturated carbocycles.